The van der Waals surface area contributed by atoms with Crippen molar-refractivity contribution in [2.24, 2.45) is 5.92 Å². The predicted octanol–water partition coefficient (Wildman–Crippen LogP) is 3.18. The van der Waals surface area contributed by atoms with Crippen molar-refractivity contribution in [2.75, 3.05) is 13.1 Å². The Morgan fingerprint density at radius 2 is 1.77 bits per heavy atom. The lowest BCUT2D eigenvalue weighted by Crippen LogP contribution is -2.41. The maximum absolute atomic E-state index is 13.4. The molecule has 0 unspecified atom stereocenters. The summed E-state index contributed by atoms with van der Waals surface area (Å²) >= 11 is 0. The molecule has 4 aliphatic rings. The average molecular weight is 424 g/mol. The Balaban J connectivity index is 1.30. The molecule has 2 saturated carbocycles. The van der Waals surface area contributed by atoms with Crippen molar-refractivity contribution in [1.29, 1.82) is 0 Å². The molecule has 31 heavy (non-hydrogen) atoms. The molecule has 4 heterocycles. The molecule has 7 nitrogen and oxygen atoms in total. The molecule has 7 heteroatoms. The summed E-state index contributed by atoms with van der Waals surface area (Å²) in [6.07, 6.45) is 12.4. The Hall–Kier alpha value is -2.15. The summed E-state index contributed by atoms with van der Waals surface area (Å²) in [6.45, 7) is 2.55. The minimum absolute atomic E-state index is 0.0422. The Labute approximate surface area is 182 Å². The lowest BCUT2D eigenvalue weighted by molar-refractivity contribution is -0.136. The molecule has 2 aliphatic heterocycles. The molecular formula is C24H33N5O2. The summed E-state index contributed by atoms with van der Waals surface area (Å²) in [7, 11) is 0. The molecule has 166 valence electrons. The molecule has 0 bridgehead atoms. The third-order valence-electron chi connectivity index (χ3n) is 8.25. The summed E-state index contributed by atoms with van der Waals surface area (Å²) in [5.41, 5.74) is 3.53. The molecule has 0 radical (unpaired) electrons. The molecular weight excluding hydrogens is 390 g/mol. The highest BCUT2D eigenvalue weighted by atomic mass is 16.2. The van der Waals surface area contributed by atoms with E-state index in [-0.39, 0.29) is 17.5 Å². The van der Waals surface area contributed by atoms with Crippen LogP contribution in [0.3, 0.4) is 0 Å². The normalized spacial score (nSPS) is 25.7. The number of aromatic nitrogens is 3. The second-order valence-electron chi connectivity index (χ2n) is 10.1. The largest absolute Gasteiger partial charge is 0.334 e. The van der Waals surface area contributed by atoms with Crippen molar-refractivity contribution in [1.82, 2.24) is 24.4 Å². The smallest absolute Gasteiger partial charge is 0.277 e. The fraction of sp³-hybridized carbons (Fsp3) is 0.708. The van der Waals surface area contributed by atoms with Crippen molar-refractivity contribution in [3.63, 3.8) is 0 Å². The number of carbonyl (C=O) groups excluding carboxylic acids is 1. The van der Waals surface area contributed by atoms with E-state index >= 15 is 0 Å². The van der Waals surface area contributed by atoms with Gasteiger partial charge < -0.3 is 4.90 Å². The number of hydrogen-bond donors (Lipinski definition) is 1. The van der Waals surface area contributed by atoms with E-state index < -0.39 is 0 Å². The molecule has 6 rings (SSSR count). The Morgan fingerprint density at radius 1 is 1.00 bits per heavy atom. The highest BCUT2D eigenvalue weighted by Crippen LogP contribution is 2.36. The molecule has 0 spiro atoms. The molecule has 1 saturated heterocycles. The van der Waals surface area contributed by atoms with Crippen molar-refractivity contribution >= 4 is 11.6 Å². The molecule has 3 fully saturated rings. The zero-order valence-corrected chi connectivity index (χ0v) is 18.3. The summed E-state index contributed by atoms with van der Waals surface area (Å²) < 4.78 is 1.63. The Kier molecular flexibility index (Phi) is 4.89. The number of fused-ring (bicyclic) bond motifs is 2. The van der Waals surface area contributed by atoms with E-state index in [1.807, 2.05) is 6.07 Å². The second kappa shape index (κ2) is 7.76. The van der Waals surface area contributed by atoms with Gasteiger partial charge in [0.15, 0.2) is 5.65 Å². The van der Waals surface area contributed by atoms with Crippen LogP contribution in [0.4, 0.5) is 0 Å². The fourth-order valence-corrected chi connectivity index (χ4v) is 6.53. The zero-order valence-electron chi connectivity index (χ0n) is 18.3. The standard InChI is InChI=1S/C24H33N5O2/c30-23(16-6-1-2-7-16)28-12-5-10-21(28)20-14-22-25-19-11-13-27(17-8-3-4-9-17)15-18(19)24(31)29(22)26-20/h14,16-17,21,26H,1-13,15H2/t21-/m1/s1. The van der Waals surface area contributed by atoms with Gasteiger partial charge in [0.1, 0.15) is 0 Å². The third-order valence-corrected chi connectivity index (χ3v) is 8.25. The van der Waals surface area contributed by atoms with Gasteiger partial charge in [0.2, 0.25) is 5.91 Å². The van der Waals surface area contributed by atoms with Crippen LogP contribution in [0.5, 0.6) is 0 Å². The minimum Gasteiger partial charge on any atom is -0.334 e. The van der Waals surface area contributed by atoms with E-state index in [0.29, 0.717) is 17.6 Å². The highest BCUT2D eigenvalue weighted by molar-refractivity contribution is 5.79. The minimum atomic E-state index is 0.0422. The molecule has 1 atom stereocenters. The van der Waals surface area contributed by atoms with Gasteiger partial charge in [0, 0.05) is 44.1 Å². The number of rotatable bonds is 3. The summed E-state index contributed by atoms with van der Waals surface area (Å²) in [5, 5.41) is 3.35. The quantitative estimate of drug-likeness (QED) is 0.823. The van der Waals surface area contributed by atoms with Gasteiger partial charge in [-0.3, -0.25) is 19.6 Å². The number of nitrogens with zero attached hydrogens (tertiary/aromatic N) is 4. The number of nitrogens with one attached hydrogen (secondary N) is 1. The summed E-state index contributed by atoms with van der Waals surface area (Å²) in [6, 6.07) is 2.68. The van der Waals surface area contributed by atoms with Crippen LogP contribution in [0, 0.1) is 5.92 Å². The molecule has 2 aromatic rings. The predicted molar refractivity (Wildman–Crippen MR) is 118 cm³/mol. The molecule has 0 aromatic carbocycles. The maximum Gasteiger partial charge on any atom is 0.277 e. The molecule has 1 N–H and O–H groups in total. The van der Waals surface area contributed by atoms with Crippen LogP contribution < -0.4 is 5.56 Å². The zero-order chi connectivity index (χ0) is 20.9. The van der Waals surface area contributed by atoms with E-state index in [1.54, 1.807) is 4.52 Å². The van der Waals surface area contributed by atoms with Gasteiger partial charge in [0.25, 0.3) is 5.56 Å². The van der Waals surface area contributed by atoms with E-state index in [4.69, 9.17) is 4.98 Å². The van der Waals surface area contributed by atoms with Gasteiger partial charge in [-0.2, -0.15) is 0 Å². The number of H-pyrrole nitrogens is 1. The Bertz CT molecular complexity index is 1040. The van der Waals surface area contributed by atoms with Crippen molar-refractivity contribution in [3.8, 4) is 0 Å². The van der Waals surface area contributed by atoms with Gasteiger partial charge in [0.05, 0.1) is 23.0 Å². The van der Waals surface area contributed by atoms with Crippen LogP contribution in [0.2, 0.25) is 0 Å². The number of hydrogen-bond acceptors (Lipinski definition) is 4. The topological polar surface area (TPSA) is 73.7 Å². The van der Waals surface area contributed by atoms with Crippen molar-refractivity contribution in [3.05, 3.63) is 33.4 Å². The Morgan fingerprint density at radius 3 is 2.58 bits per heavy atom. The van der Waals surface area contributed by atoms with Crippen molar-refractivity contribution < 1.29 is 4.79 Å². The van der Waals surface area contributed by atoms with Crippen LogP contribution in [-0.4, -0.2) is 49.4 Å². The van der Waals surface area contributed by atoms with Crippen LogP contribution in [-0.2, 0) is 17.8 Å². The first-order valence-corrected chi connectivity index (χ1v) is 12.4. The number of aromatic amines is 1. The van der Waals surface area contributed by atoms with E-state index in [9.17, 15) is 9.59 Å². The van der Waals surface area contributed by atoms with Crippen LogP contribution in [0.15, 0.2) is 10.9 Å². The highest BCUT2D eigenvalue weighted by Gasteiger charge is 2.36. The van der Waals surface area contributed by atoms with Crippen LogP contribution in [0.1, 0.15) is 87.2 Å². The first-order valence-electron chi connectivity index (χ1n) is 12.4. The van der Waals surface area contributed by atoms with Gasteiger partial charge >= 0.3 is 0 Å². The van der Waals surface area contributed by atoms with Crippen LogP contribution >= 0.6 is 0 Å². The summed E-state index contributed by atoms with van der Waals surface area (Å²) in [5.74, 6) is 0.505. The lowest BCUT2D eigenvalue weighted by atomic mass is 10.0. The molecule has 2 aliphatic carbocycles. The summed E-state index contributed by atoms with van der Waals surface area (Å²) in [4.78, 5) is 35.9. The van der Waals surface area contributed by atoms with Gasteiger partial charge in [-0.1, -0.05) is 25.7 Å². The van der Waals surface area contributed by atoms with Gasteiger partial charge in [-0.15, -0.1) is 0 Å². The number of carbonyl (C=O) groups is 1. The third kappa shape index (κ3) is 3.32. The van der Waals surface area contributed by atoms with E-state index in [2.05, 4.69) is 14.9 Å². The SMILES string of the molecule is O=C(C1CCCC1)N1CCC[C@@H]1c1cc2nc3c(c(=O)n2[nH]1)CN(C1CCCC1)CC3. The molecule has 1 amide bonds. The molecule has 2 aromatic heterocycles. The first kappa shape index (κ1) is 19.5. The van der Waals surface area contributed by atoms with Crippen LogP contribution in [0.25, 0.3) is 5.65 Å². The number of amides is 1. The lowest BCUT2D eigenvalue weighted by Gasteiger charge is -2.32. The second-order valence-corrected chi connectivity index (χ2v) is 10.1. The van der Waals surface area contributed by atoms with Crippen molar-refractivity contribution in [2.45, 2.75) is 89.3 Å². The first-order chi connectivity index (χ1) is 15.2. The van der Waals surface area contributed by atoms with E-state index in [0.717, 1.165) is 68.7 Å². The fourth-order valence-electron chi connectivity index (χ4n) is 6.53. The van der Waals surface area contributed by atoms with Gasteiger partial charge in [-0.05, 0) is 38.5 Å². The van der Waals surface area contributed by atoms with Gasteiger partial charge in [-0.25, -0.2) is 9.50 Å². The maximum atomic E-state index is 13.4. The number of likely N-dealkylation sites (tertiary alicyclic amines) is 1. The van der Waals surface area contributed by atoms with E-state index in [1.165, 1.54) is 38.5 Å². The average Bonchev–Trinajstić information content (AvgIpc) is 3.59. The monoisotopic (exact) mass is 423 g/mol.